The molecule has 0 aliphatic carbocycles. The number of hydrogen-bond acceptors (Lipinski definition) is 7. The fourth-order valence-electron chi connectivity index (χ4n) is 4.58. The normalized spacial score (nSPS) is 20.5. The van der Waals surface area contributed by atoms with E-state index in [1.54, 1.807) is 11.3 Å². The lowest BCUT2D eigenvalue weighted by molar-refractivity contribution is 0.0365. The maximum absolute atomic E-state index is 5.46. The van der Waals surface area contributed by atoms with Gasteiger partial charge in [0.15, 0.2) is 0 Å². The van der Waals surface area contributed by atoms with Crippen molar-refractivity contribution in [1.82, 2.24) is 14.8 Å². The van der Waals surface area contributed by atoms with Crippen LogP contribution in [-0.4, -0.2) is 73.0 Å². The van der Waals surface area contributed by atoms with Gasteiger partial charge in [-0.05, 0) is 25.0 Å². The average molecular weight is 412 g/mol. The molecule has 0 amide bonds. The lowest BCUT2D eigenvalue weighted by atomic mass is 9.99. The number of hydrazone groups is 1. The monoisotopic (exact) mass is 411 g/mol. The summed E-state index contributed by atoms with van der Waals surface area (Å²) in [6.07, 6.45) is 3.32. The summed E-state index contributed by atoms with van der Waals surface area (Å²) >= 11 is 1.74. The van der Waals surface area contributed by atoms with Gasteiger partial charge in [-0.1, -0.05) is 30.4 Å². The van der Waals surface area contributed by atoms with E-state index < -0.39 is 0 Å². The predicted molar refractivity (Wildman–Crippen MR) is 120 cm³/mol. The van der Waals surface area contributed by atoms with Crippen molar-refractivity contribution in [3.05, 3.63) is 35.5 Å². The summed E-state index contributed by atoms with van der Waals surface area (Å²) in [5.41, 5.74) is 5.26. The highest BCUT2D eigenvalue weighted by Crippen LogP contribution is 2.35. The minimum atomic E-state index is 0.859. The number of aromatic nitrogens is 1. The first-order valence-corrected chi connectivity index (χ1v) is 11.6. The average Bonchev–Trinajstić information content (AvgIpc) is 3.38. The van der Waals surface area contributed by atoms with Crippen molar-refractivity contribution in [3.63, 3.8) is 0 Å². The summed E-state index contributed by atoms with van der Waals surface area (Å²) in [5, 5.41) is 8.08. The Balaban J connectivity index is 1.28. The molecule has 0 spiro atoms. The van der Waals surface area contributed by atoms with Crippen LogP contribution in [-0.2, 0) is 4.74 Å². The minimum absolute atomic E-state index is 0.859. The number of nitrogens with zero attached hydrogens (tertiary/aromatic N) is 5. The molecule has 4 heterocycles. The molecule has 1 saturated heterocycles. The fourth-order valence-corrected chi connectivity index (χ4v) is 5.50. The van der Waals surface area contributed by atoms with E-state index in [9.17, 15) is 0 Å². The van der Waals surface area contributed by atoms with Crippen molar-refractivity contribution >= 4 is 32.4 Å². The molecule has 3 aliphatic heterocycles. The molecule has 6 nitrogen and oxygen atoms in total. The van der Waals surface area contributed by atoms with Gasteiger partial charge in [0, 0.05) is 50.4 Å². The quantitative estimate of drug-likeness (QED) is 0.727. The largest absolute Gasteiger partial charge is 0.379 e. The molecule has 154 valence electrons. The number of thiazole rings is 1. The van der Waals surface area contributed by atoms with Crippen molar-refractivity contribution in [1.29, 1.82) is 0 Å². The van der Waals surface area contributed by atoms with Gasteiger partial charge in [-0.3, -0.25) is 4.90 Å². The number of para-hydroxylation sites is 1. The van der Waals surface area contributed by atoms with E-state index >= 15 is 0 Å². The summed E-state index contributed by atoms with van der Waals surface area (Å²) < 4.78 is 6.69. The van der Waals surface area contributed by atoms with Gasteiger partial charge in [-0.15, -0.1) is 0 Å². The molecule has 1 aromatic heterocycles. The number of benzene rings is 1. The molecule has 1 fully saturated rings. The zero-order valence-electron chi connectivity index (χ0n) is 17.1. The van der Waals surface area contributed by atoms with Gasteiger partial charge in [0.05, 0.1) is 35.7 Å². The van der Waals surface area contributed by atoms with Crippen LogP contribution in [0, 0.1) is 0 Å². The lowest BCUT2D eigenvalue weighted by Gasteiger charge is -2.34. The maximum Gasteiger partial charge on any atom is 0.207 e. The van der Waals surface area contributed by atoms with Crippen LogP contribution in [0.5, 0.6) is 0 Å². The Kier molecular flexibility index (Phi) is 5.52. The Morgan fingerprint density at radius 2 is 1.97 bits per heavy atom. The molecule has 0 saturated carbocycles. The van der Waals surface area contributed by atoms with Crippen LogP contribution < -0.4 is 5.01 Å². The van der Waals surface area contributed by atoms with E-state index in [-0.39, 0.29) is 0 Å². The van der Waals surface area contributed by atoms with Gasteiger partial charge in [0.2, 0.25) is 5.13 Å². The number of hydrogen-bond donors (Lipinski definition) is 0. The van der Waals surface area contributed by atoms with Crippen molar-refractivity contribution in [2.45, 2.75) is 26.2 Å². The highest BCUT2D eigenvalue weighted by atomic mass is 32.1. The molecule has 29 heavy (non-hydrogen) atoms. The van der Waals surface area contributed by atoms with Gasteiger partial charge >= 0.3 is 0 Å². The molecule has 3 aliphatic rings. The maximum atomic E-state index is 5.46. The number of morpholine rings is 1. The standard InChI is InChI=1S/C22H29N5OS/c1-2-20-17-16-27(22-23-19-6-3-4-7-21(19)29-22)24-18(17)8-11-26(20)10-5-9-25-12-14-28-15-13-25/h3-4,6-7H,2,5,8-16H2,1H3. The Bertz CT molecular complexity index is 897. The second-order valence-electron chi connectivity index (χ2n) is 7.89. The van der Waals surface area contributed by atoms with Gasteiger partial charge in [0.1, 0.15) is 0 Å². The molecular formula is C22H29N5OS. The van der Waals surface area contributed by atoms with Crippen LogP contribution in [0.2, 0.25) is 0 Å². The fraction of sp³-hybridized carbons (Fsp3) is 0.545. The van der Waals surface area contributed by atoms with Gasteiger partial charge in [0.25, 0.3) is 0 Å². The first-order valence-electron chi connectivity index (χ1n) is 10.8. The molecular weight excluding hydrogens is 382 g/mol. The zero-order valence-corrected chi connectivity index (χ0v) is 18.0. The molecule has 7 heteroatoms. The summed E-state index contributed by atoms with van der Waals surface area (Å²) in [6.45, 7) is 10.5. The van der Waals surface area contributed by atoms with Crippen molar-refractivity contribution in [2.75, 3.05) is 57.5 Å². The SMILES string of the molecule is CCC1=C2CN(c3nc4ccccc4s3)N=C2CCN1CCCN1CCOCC1. The van der Waals surface area contributed by atoms with E-state index in [1.165, 1.54) is 34.6 Å². The van der Waals surface area contributed by atoms with Crippen LogP contribution in [0.1, 0.15) is 26.2 Å². The van der Waals surface area contributed by atoms with Crippen LogP contribution >= 0.6 is 11.3 Å². The van der Waals surface area contributed by atoms with Crippen LogP contribution in [0.3, 0.4) is 0 Å². The van der Waals surface area contributed by atoms with Crippen molar-refractivity contribution in [2.24, 2.45) is 5.10 Å². The second kappa shape index (κ2) is 8.42. The number of anilines is 1. The number of allylic oxidation sites excluding steroid dienone is 1. The number of rotatable bonds is 6. The zero-order chi connectivity index (χ0) is 19.6. The van der Waals surface area contributed by atoms with E-state index in [0.29, 0.717) is 0 Å². The van der Waals surface area contributed by atoms with Crippen molar-refractivity contribution in [3.8, 4) is 0 Å². The van der Waals surface area contributed by atoms with Gasteiger partial charge in [-0.25, -0.2) is 9.99 Å². The van der Waals surface area contributed by atoms with E-state index in [4.69, 9.17) is 14.8 Å². The number of fused-ring (bicyclic) bond motifs is 2. The van der Waals surface area contributed by atoms with Crippen LogP contribution in [0.25, 0.3) is 10.2 Å². The third-order valence-corrected chi connectivity index (χ3v) is 7.14. The van der Waals surface area contributed by atoms with E-state index in [2.05, 4.69) is 39.9 Å². The van der Waals surface area contributed by atoms with E-state index in [1.807, 2.05) is 6.07 Å². The molecule has 2 aromatic rings. The van der Waals surface area contributed by atoms with Crippen LogP contribution in [0.4, 0.5) is 5.13 Å². The van der Waals surface area contributed by atoms with Gasteiger partial charge in [-0.2, -0.15) is 5.10 Å². The summed E-state index contributed by atoms with van der Waals surface area (Å²) in [7, 11) is 0. The summed E-state index contributed by atoms with van der Waals surface area (Å²) in [6, 6.07) is 8.35. The Hall–Kier alpha value is -1.96. The van der Waals surface area contributed by atoms with Crippen molar-refractivity contribution < 1.29 is 4.74 Å². The Labute approximate surface area is 176 Å². The summed E-state index contributed by atoms with van der Waals surface area (Å²) in [5.74, 6) is 0. The third-order valence-electron chi connectivity index (χ3n) is 6.09. The third kappa shape index (κ3) is 3.91. The Morgan fingerprint density at radius 3 is 2.79 bits per heavy atom. The smallest absolute Gasteiger partial charge is 0.207 e. The highest BCUT2D eigenvalue weighted by molar-refractivity contribution is 7.22. The first-order chi connectivity index (χ1) is 14.3. The second-order valence-corrected chi connectivity index (χ2v) is 8.90. The molecule has 0 N–H and O–H groups in total. The molecule has 5 rings (SSSR count). The molecule has 0 atom stereocenters. The minimum Gasteiger partial charge on any atom is -0.379 e. The van der Waals surface area contributed by atoms with Gasteiger partial charge < -0.3 is 9.64 Å². The molecule has 1 aromatic carbocycles. The lowest BCUT2D eigenvalue weighted by Crippen LogP contribution is -2.39. The Morgan fingerprint density at radius 1 is 1.10 bits per heavy atom. The van der Waals surface area contributed by atoms with E-state index in [0.717, 1.165) is 69.4 Å². The summed E-state index contributed by atoms with van der Waals surface area (Å²) in [4.78, 5) is 9.95. The molecule has 0 bridgehead atoms. The van der Waals surface area contributed by atoms with Crippen LogP contribution in [0.15, 0.2) is 40.6 Å². The number of ether oxygens (including phenoxy) is 1. The predicted octanol–water partition coefficient (Wildman–Crippen LogP) is 3.56. The topological polar surface area (TPSA) is 44.2 Å². The molecule has 0 radical (unpaired) electrons. The molecule has 0 unspecified atom stereocenters. The first kappa shape index (κ1) is 19.0. The highest BCUT2D eigenvalue weighted by Gasteiger charge is 2.31.